The lowest BCUT2D eigenvalue weighted by atomic mass is 10.0. The zero-order valence-electron chi connectivity index (χ0n) is 11.2. The van der Waals surface area contributed by atoms with E-state index in [1.165, 1.54) is 0 Å². The molecule has 1 fully saturated rings. The lowest BCUT2D eigenvalue weighted by molar-refractivity contribution is -0.158. The van der Waals surface area contributed by atoms with Crippen molar-refractivity contribution in [2.75, 3.05) is 13.1 Å². The van der Waals surface area contributed by atoms with Crippen LogP contribution in [-0.4, -0.2) is 41.6 Å². The van der Waals surface area contributed by atoms with Crippen molar-refractivity contribution >= 4 is 18.3 Å². The molecule has 0 spiro atoms. The Morgan fingerprint density at radius 2 is 2.18 bits per heavy atom. The number of hydrogen-bond acceptors (Lipinski definition) is 3. The molecule has 0 bridgehead atoms. The number of morpholine rings is 1. The van der Waals surface area contributed by atoms with Gasteiger partial charge in [-0.2, -0.15) is 0 Å². The van der Waals surface area contributed by atoms with Crippen LogP contribution in [0.1, 0.15) is 40.5 Å². The normalized spacial score (nSPS) is 25.0. The van der Waals surface area contributed by atoms with Crippen LogP contribution in [0.2, 0.25) is 0 Å². The Morgan fingerprint density at radius 1 is 1.59 bits per heavy atom. The summed E-state index contributed by atoms with van der Waals surface area (Å²) in [6.45, 7) is 9.35. The molecule has 0 aromatic heterocycles. The van der Waals surface area contributed by atoms with Crippen LogP contribution in [0.4, 0.5) is 0 Å². The monoisotopic (exact) mass is 264 g/mol. The van der Waals surface area contributed by atoms with E-state index in [0.29, 0.717) is 19.5 Å². The Bertz CT molecular complexity index is 257. The smallest absolute Gasteiger partial charge is 0.222 e. The Hall–Kier alpha value is -0.320. The van der Waals surface area contributed by atoms with E-state index in [0.717, 1.165) is 6.42 Å². The first-order valence-corrected chi connectivity index (χ1v) is 6.01. The van der Waals surface area contributed by atoms with E-state index in [-0.39, 0.29) is 36.1 Å². The molecule has 2 unspecified atom stereocenters. The molecule has 5 heteroatoms. The van der Waals surface area contributed by atoms with Gasteiger partial charge in [0.2, 0.25) is 5.91 Å². The maximum Gasteiger partial charge on any atom is 0.222 e. The minimum atomic E-state index is -0.234. The van der Waals surface area contributed by atoms with Gasteiger partial charge >= 0.3 is 0 Å². The third-order valence-electron chi connectivity index (χ3n) is 2.74. The Kier molecular flexibility index (Phi) is 6.45. The van der Waals surface area contributed by atoms with Crippen molar-refractivity contribution in [3.05, 3.63) is 0 Å². The number of ether oxygens (including phenoxy) is 1. The van der Waals surface area contributed by atoms with Crippen molar-refractivity contribution in [2.45, 2.75) is 58.3 Å². The molecule has 0 aliphatic carbocycles. The summed E-state index contributed by atoms with van der Waals surface area (Å²) in [7, 11) is 0. The number of halogens is 1. The Morgan fingerprint density at radius 3 is 2.65 bits per heavy atom. The highest BCUT2D eigenvalue weighted by atomic mass is 35.5. The van der Waals surface area contributed by atoms with Crippen LogP contribution >= 0.6 is 12.4 Å². The fraction of sp³-hybridized carbons (Fsp3) is 0.917. The van der Waals surface area contributed by atoms with E-state index >= 15 is 0 Å². The highest BCUT2D eigenvalue weighted by Gasteiger charge is 2.33. The minimum absolute atomic E-state index is 0. The fourth-order valence-electron chi connectivity index (χ4n) is 2.15. The topological polar surface area (TPSA) is 55.6 Å². The number of carbonyl (C=O) groups excluding carboxylic acids is 1. The van der Waals surface area contributed by atoms with E-state index in [1.807, 2.05) is 32.6 Å². The molecule has 1 amide bonds. The van der Waals surface area contributed by atoms with Crippen LogP contribution in [0.25, 0.3) is 0 Å². The molecule has 17 heavy (non-hydrogen) atoms. The van der Waals surface area contributed by atoms with Gasteiger partial charge in [0.05, 0.1) is 11.7 Å². The van der Waals surface area contributed by atoms with Crippen LogP contribution < -0.4 is 5.73 Å². The first-order chi connectivity index (χ1) is 7.30. The molecule has 1 rings (SSSR count). The van der Waals surface area contributed by atoms with Gasteiger partial charge in [0.25, 0.3) is 0 Å². The summed E-state index contributed by atoms with van der Waals surface area (Å²) >= 11 is 0. The Labute approximate surface area is 110 Å². The summed E-state index contributed by atoms with van der Waals surface area (Å²) < 4.78 is 5.76. The zero-order valence-corrected chi connectivity index (χ0v) is 12.0. The molecule has 1 heterocycles. The summed E-state index contributed by atoms with van der Waals surface area (Å²) in [5, 5.41) is 0. The van der Waals surface area contributed by atoms with Gasteiger partial charge in [0, 0.05) is 25.6 Å². The highest BCUT2D eigenvalue weighted by Crippen LogP contribution is 2.21. The molecule has 2 atom stereocenters. The molecule has 0 aromatic rings. The van der Waals surface area contributed by atoms with E-state index < -0.39 is 0 Å². The molecule has 1 saturated heterocycles. The molecule has 1 aliphatic heterocycles. The molecule has 1 aliphatic rings. The van der Waals surface area contributed by atoms with Gasteiger partial charge in [-0.3, -0.25) is 4.79 Å². The average Bonchev–Trinajstić information content (AvgIpc) is 2.10. The maximum absolute atomic E-state index is 12.0. The van der Waals surface area contributed by atoms with Crippen LogP contribution in [0.3, 0.4) is 0 Å². The predicted octanol–water partition coefficient (Wildman–Crippen LogP) is 1.56. The first-order valence-electron chi connectivity index (χ1n) is 6.01. The quantitative estimate of drug-likeness (QED) is 0.842. The number of carbonyl (C=O) groups is 1. The van der Waals surface area contributed by atoms with Crippen molar-refractivity contribution in [2.24, 2.45) is 5.73 Å². The third-order valence-corrected chi connectivity index (χ3v) is 2.74. The summed E-state index contributed by atoms with van der Waals surface area (Å²) in [5.41, 5.74) is 5.42. The molecular formula is C12H25ClN2O2. The van der Waals surface area contributed by atoms with Crippen molar-refractivity contribution in [3.63, 3.8) is 0 Å². The fourth-order valence-corrected chi connectivity index (χ4v) is 2.15. The summed E-state index contributed by atoms with van der Waals surface area (Å²) in [6, 6.07) is 0.0930. The number of amides is 1. The molecule has 2 N–H and O–H groups in total. The van der Waals surface area contributed by atoms with Crippen molar-refractivity contribution in [1.29, 1.82) is 0 Å². The number of nitrogens with zero attached hydrogens (tertiary/aromatic N) is 1. The van der Waals surface area contributed by atoms with Gasteiger partial charge in [-0.05, 0) is 34.1 Å². The second kappa shape index (κ2) is 6.57. The standard InChI is InChI=1S/C12H24N2O2.ClH/c1-9(13)5-6-11(15)14-7-10(2)16-12(3,4)8-14;/h9-10H,5-8,13H2,1-4H3;1H. The van der Waals surface area contributed by atoms with E-state index in [2.05, 4.69) is 0 Å². The molecule has 0 aromatic carbocycles. The van der Waals surface area contributed by atoms with Crippen LogP contribution in [0.15, 0.2) is 0 Å². The third kappa shape index (κ3) is 5.70. The lowest BCUT2D eigenvalue weighted by Crippen LogP contribution is -2.53. The second-order valence-corrected chi connectivity index (χ2v) is 5.48. The lowest BCUT2D eigenvalue weighted by Gasteiger charge is -2.41. The van der Waals surface area contributed by atoms with Gasteiger partial charge in [0.1, 0.15) is 0 Å². The van der Waals surface area contributed by atoms with Crippen molar-refractivity contribution < 1.29 is 9.53 Å². The summed E-state index contributed by atoms with van der Waals surface area (Å²) in [4.78, 5) is 13.9. The SMILES string of the molecule is CC(N)CCC(=O)N1CC(C)OC(C)(C)C1.Cl. The summed E-state index contributed by atoms with van der Waals surface area (Å²) in [6.07, 6.45) is 1.41. The van der Waals surface area contributed by atoms with Crippen LogP contribution in [0, 0.1) is 0 Å². The van der Waals surface area contributed by atoms with Gasteiger partial charge < -0.3 is 15.4 Å². The van der Waals surface area contributed by atoms with Crippen LogP contribution in [-0.2, 0) is 9.53 Å². The average molecular weight is 265 g/mol. The molecule has 4 nitrogen and oxygen atoms in total. The molecule has 0 saturated carbocycles. The van der Waals surface area contributed by atoms with Gasteiger partial charge in [-0.25, -0.2) is 0 Å². The molecular weight excluding hydrogens is 240 g/mol. The zero-order chi connectivity index (χ0) is 12.3. The predicted molar refractivity (Wildman–Crippen MR) is 71.3 cm³/mol. The van der Waals surface area contributed by atoms with Crippen LogP contribution in [0.5, 0.6) is 0 Å². The highest BCUT2D eigenvalue weighted by molar-refractivity contribution is 5.85. The van der Waals surface area contributed by atoms with E-state index in [1.54, 1.807) is 0 Å². The second-order valence-electron chi connectivity index (χ2n) is 5.48. The number of rotatable bonds is 3. The number of hydrogen-bond donors (Lipinski definition) is 1. The largest absolute Gasteiger partial charge is 0.369 e. The molecule has 102 valence electrons. The Balaban J connectivity index is 0.00000256. The van der Waals surface area contributed by atoms with Gasteiger partial charge in [-0.1, -0.05) is 0 Å². The van der Waals surface area contributed by atoms with Gasteiger partial charge in [-0.15, -0.1) is 12.4 Å². The van der Waals surface area contributed by atoms with Crippen molar-refractivity contribution in [3.8, 4) is 0 Å². The van der Waals surface area contributed by atoms with E-state index in [9.17, 15) is 4.79 Å². The first kappa shape index (κ1) is 16.7. The molecule has 0 radical (unpaired) electrons. The number of nitrogens with two attached hydrogens (primary N) is 1. The minimum Gasteiger partial charge on any atom is -0.369 e. The van der Waals surface area contributed by atoms with Gasteiger partial charge in [0.15, 0.2) is 0 Å². The van der Waals surface area contributed by atoms with Crippen molar-refractivity contribution in [1.82, 2.24) is 4.90 Å². The maximum atomic E-state index is 12.0. The van der Waals surface area contributed by atoms with E-state index in [4.69, 9.17) is 10.5 Å². The summed E-state index contributed by atoms with van der Waals surface area (Å²) in [5.74, 6) is 0.195.